The summed E-state index contributed by atoms with van der Waals surface area (Å²) in [4.78, 5) is 0. The zero-order valence-corrected chi connectivity index (χ0v) is 16.5. The number of benzene rings is 3. The fourth-order valence-corrected chi connectivity index (χ4v) is 4.55. The van der Waals surface area contributed by atoms with Crippen LogP contribution in [0.25, 0.3) is 6.08 Å². The average Bonchev–Trinajstić information content (AvgIpc) is 3.17. The third-order valence-electron chi connectivity index (χ3n) is 5.94. The van der Waals surface area contributed by atoms with Gasteiger partial charge in [-0.1, -0.05) is 42.5 Å². The maximum absolute atomic E-state index is 13.6. The van der Waals surface area contributed by atoms with Gasteiger partial charge < -0.3 is 0 Å². The van der Waals surface area contributed by atoms with E-state index in [0.717, 1.165) is 41.8 Å². The third kappa shape index (κ3) is 3.54. The summed E-state index contributed by atoms with van der Waals surface area (Å²) in [6.07, 6.45) is 5.17. The molecule has 3 aromatic carbocycles. The van der Waals surface area contributed by atoms with Crippen molar-refractivity contribution in [1.82, 2.24) is 0 Å². The highest BCUT2D eigenvalue weighted by molar-refractivity contribution is 6.08. The lowest BCUT2D eigenvalue weighted by Crippen LogP contribution is -2.28. The fourth-order valence-electron chi connectivity index (χ4n) is 4.55. The van der Waals surface area contributed by atoms with Crippen molar-refractivity contribution in [3.05, 3.63) is 107 Å². The van der Waals surface area contributed by atoms with E-state index in [9.17, 15) is 8.78 Å². The minimum atomic E-state index is -0.233. The predicted octanol–water partition coefficient (Wildman–Crippen LogP) is 6.77. The van der Waals surface area contributed by atoms with E-state index in [1.807, 2.05) is 30.3 Å². The highest BCUT2D eigenvalue weighted by Crippen LogP contribution is 2.46. The van der Waals surface area contributed by atoms with Crippen LogP contribution in [0.2, 0.25) is 0 Å². The third-order valence-corrected chi connectivity index (χ3v) is 5.94. The minimum absolute atomic E-state index is 0.0277. The molecule has 2 atom stereocenters. The molecule has 0 saturated heterocycles. The Labute approximate surface area is 175 Å². The van der Waals surface area contributed by atoms with Gasteiger partial charge in [0.25, 0.3) is 0 Å². The quantitative estimate of drug-likeness (QED) is 0.474. The molecule has 2 nitrogen and oxygen atoms in total. The second kappa shape index (κ2) is 7.86. The molecule has 1 saturated carbocycles. The second-order valence-electron chi connectivity index (χ2n) is 7.88. The van der Waals surface area contributed by atoms with Gasteiger partial charge in [0.1, 0.15) is 11.6 Å². The van der Waals surface area contributed by atoms with E-state index in [2.05, 4.69) is 23.2 Å². The number of allylic oxidation sites excluding steroid dienone is 1. The van der Waals surface area contributed by atoms with E-state index >= 15 is 0 Å². The molecule has 150 valence electrons. The van der Waals surface area contributed by atoms with Gasteiger partial charge in [0.15, 0.2) is 0 Å². The maximum atomic E-state index is 13.6. The molecular formula is C26H22F2N2. The van der Waals surface area contributed by atoms with Gasteiger partial charge in [0.2, 0.25) is 0 Å². The smallest absolute Gasteiger partial charge is 0.123 e. The molecule has 0 N–H and O–H groups in total. The molecular weight excluding hydrogens is 378 g/mol. The molecule has 2 aliphatic rings. The van der Waals surface area contributed by atoms with Gasteiger partial charge in [-0.3, -0.25) is 5.01 Å². The van der Waals surface area contributed by atoms with Crippen molar-refractivity contribution in [2.45, 2.75) is 25.3 Å². The molecule has 0 spiro atoms. The number of fused-ring (bicyclic) bond motifs is 1. The Bertz CT molecular complexity index is 1090. The van der Waals surface area contributed by atoms with Gasteiger partial charge >= 0.3 is 0 Å². The molecule has 1 heterocycles. The molecule has 1 aliphatic heterocycles. The van der Waals surface area contributed by atoms with Gasteiger partial charge in [-0.05, 0) is 78.4 Å². The molecule has 3 aromatic rings. The monoisotopic (exact) mass is 400 g/mol. The lowest BCUT2D eigenvalue weighted by atomic mass is 9.77. The van der Waals surface area contributed by atoms with Crippen LogP contribution in [0.4, 0.5) is 14.5 Å². The topological polar surface area (TPSA) is 15.6 Å². The fraction of sp³-hybridized carbons (Fsp3) is 0.192. The summed E-state index contributed by atoms with van der Waals surface area (Å²) in [5, 5.41) is 7.15. The Hall–Kier alpha value is -3.27. The van der Waals surface area contributed by atoms with E-state index in [1.165, 1.54) is 29.8 Å². The summed E-state index contributed by atoms with van der Waals surface area (Å²) in [7, 11) is 0. The Balaban J connectivity index is 1.58. The molecule has 30 heavy (non-hydrogen) atoms. The normalized spacial score (nSPS) is 22.1. The van der Waals surface area contributed by atoms with Crippen LogP contribution in [0.15, 0.2) is 89.5 Å². The van der Waals surface area contributed by atoms with Gasteiger partial charge in [-0.25, -0.2) is 8.78 Å². The second-order valence-corrected chi connectivity index (χ2v) is 7.88. The van der Waals surface area contributed by atoms with Crippen LogP contribution in [-0.4, -0.2) is 5.71 Å². The van der Waals surface area contributed by atoms with E-state index < -0.39 is 0 Å². The first-order chi connectivity index (χ1) is 14.7. The van der Waals surface area contributed by atoms with Crippen LogP contribution in [0.5, 0.6) is 0 Å². The Morgan fingerprint density at radius 2 is 1.50 bits per heavy atom. The molecule has 0 unspecified atom stereocenters. The van der Waals surface area contributed by atoms with Gasteiger partial charge in [-0.2, -0.15) is 5.10 Å². The molecule has 1 aliphatic carbocycles. The predicted molar refractivity (Wildman–Crippen MR) is 117 cm³/mol. The van der Waals surface area contributed by atoms with Crippen molar-refractivity contribution in [3.8, 4) is 0 Å². The standard InChI is InChI=1S/C26H22F2N2/c27-21-13-9-18(10-14-21)17-20-5-4-8-24-25(20)29-30(23-6-2-1-3-7-23)26(24)19-11-15-22(28)16-12-19/h1-3,6-7,9-17,24,26H,4-5,8H2/t24-,26-/m0/s1. The molecule has 5 rings (SSSR count). The number of hydrazone groups is 1. The number of para-hydroxylation sites is 1. The van der Waals surface area contributed by atoms with Crippen molar-refractivity contribution >= 4 is 17.5 Å². The highest BCUT2D eigenvalue weighted by Gasteiger charge is 2.41. The van der Waals surface area contributed by atoms with E-state index in [4.69, 9.17) is 5.10 Å². The average molecular weight is 400 g/mol. The number of rotatable bonds is 3. The largest absolute Gasteiger partial charge is 0.257 e. The van der Waals surface area contributed by atoms with E-state index in [0.29, 0.717) is 0 Å². The summed E-state index contributed by atoms with van der Waals surface area (Å²) in [6, 6.07) is 23.5. The van der Waals surface area contributed by atoms with E-state index in [1.54, 1.807) is 12.1 Å². The summed E-state index contributed by atoms with van der Waals surface area (Å²) in [5.74, 6) is -0.232. The van der Waals surface area contributed by atoms with Crippen molar-refractivity contribution in [2.24, 2.45) is 11.0 Å². The van der Waals surface area contributed by atoms with Gasteiger partial charge in [-0.15, -0.1) is 0 Å². The first kappa shape index (κ1) is 18.7. The number of hydrogen-bond donors (Lipinski definition) is 0. The number of nitrogens with zero attached hydrogens (tertiary/aromatic N) is 2. The first-order valence-corrected chi connectivity index (χ1v) is 10.3. The van der Waals surface area contributed by atoms with Crippen molar-refractivity contribution in [2.75, 3.05) is 5.01 Å². The summed E-state index contributed by atoms with van der Waals surface area (Å²) >= 11 is 0. The molecule has 0 aromatic heterocycles. The summed E-state index contributed by atoms with van der Waals surface area (Å²) in [6.45, 7) is 0. The first-order valence-electron chi connectivity index (χ1n) is 10.3. The molecule has 4 heteroatoms. The van der Waals surface area contributed by atoms with Crippen LogP contribution in [-0.2, 0) is 0 Å². The SMILES string of the molecule is Fc1ccc(C=C2CCC[C@H]3C2=NN(c2ccccc2)[C@H]3c2ccc(F)cc2)cc1. The van der Waals surface area contributed by atoms with Crippen LogP contribution < -0.4 is 5.01 Å². The Kier molecular flexibility index (Phi) is 4.91. The Morgan fingerprint density at radius 1 is 0.833 bits per heavy atom. The van der Waals surface area contributed by atoms with E-state index in [-0.39, 0.29) is 23.6 Å². The zero-order valence-electron chi connectivity index (χ0n) is 16.5. The van der Waals surface area contributed by atoms with Gasteiger partial charge in [0, 0.05) is 5.92 Å². The lowest BCUT2D eigenvalue weighted by molar-refractivity contribution is 0.487. The van der Waals surface area contributed by atoms with Gasteiger partial charge in [0.05, 0.1) is 17.4 Å². The maximum Gasteiger partial charge on any atom is 0.123 e. The van der Waals surface area contributed by atoms with Crippen molar-refractivity contribution < 1.29 is 8.78 Å². The van der Waals surface area contributed by atoms with Crippen molar-refractivity contribution in [3.63, 3.8) is 0 Å². The lowest BCUT2D eigenvalue weighted by Gasteiger charge is -2.30. The summed E-state index contributed by atoms with van der Waals surface area (Å²) in [5.41, 5.74) is 5.35. The van der Waals surface area contributed by atoms with Crippen LogP contribution in [0.1, 0.15) is 36.4 Å². The Morgan fingerprint density at radius 3 is 2.20 bits per heavy atom. The number of hydrogen-bond acceptors (Lipinski definition) is 2. The number of anilines is 1. The molecule has 0 bridgehead atoms. The zero-order chi connectivity index (χ0) is 20.5. The molecule has 0 amide bonds. The number of halogens is 2. The summed E-state index contributed by atoms with van der Waals surface area (Å²) < 4.78 is 26.9. The molecule has 0 radical (unpaired) electrons. The van der Waals surface area contributed by atoms with Crippen molar-refractivity contribution in [1.29, 1.82) is 0 Å². The molecule has 1 fully saturated rings. The highest BCUT2D eigenvalue weighted by atomic mass is 19.1. The van der Waals surface area contributed by atoms with Crippen LogP contribution in [0, 0.1) is 17.6 Å². The van der Waals surface area contributed by atoms with Crippen LogP contribution >= 0.6 is 0 Å². The van der Waals surface area contributed by atoms with Crippen LogP contribution in [0.3, 0.4) is 0 Å². The minimum Gasteiger partial charge on any atom is -0.257 e.